The number of halogens is 1. The largest absolute Gasteiger partial charge is 0.330 e. The van der Waals surface area contributed by atoms with Gasteiger partial charge < -0.3 is 10.6 Å². The van der Waals surface area contributed by atoms with E-state index in [1.54, 1.807) is 0 Å². The van der Waals surface area contributed by atoms with Gasteiger partial charge in [0.05, 0.1) is 0 Å². The van der Waals surface area contributed by atoms with E-state index in [0.29, 0.717) is 0 Å². The molecule has 0 heterocycles. The summed E-state index contributed by atoms with van der Waals surface area (Å²) in [5.74, 6) is 0. The molecular formula is C15H27ClN2. The van der Waals surface area contributed by atoms with Gasteiger partial charge in [-0.3, -0.25) is 0 Å². The number of nitrogens with two attached hydrogens (primary N) is 1. The van der Waals surface area contributed by atoms with Crippen molar-refractivity contribution in [3.05, 3.63) is 34.9 Å². The van der Waals surface area contributed by atoms with Crippen molar-refractivity contribution in [1.82, 2.24) is 4.90 Å². The minimum atomic E-state index is 0. The van der Waals surface area contributed by atoms with Crippen LogP contribution in [-0.4, -0.2) is 25.0 Å². The fourth-order valence-electron chi connectivity index (χ4n) is 2.11. The van der Waals surface area contributed by atoms with Gasteiger partial charge in [0.2, 0.25) is 0 Å². The summed E-state index contributed by atoms with van der Waals surface area (Å²) in [6, 6.07) is 6.65. The maximum Gasteiger partial charge on any atom is 0.0233 e. The first-order chi connectivity index (χ1) is 7.84. The van der Waals surface area contributed by atoms with E-state index in [4.69, 9.17) is 5.73 Å². The fraction of sp³-hybridized carbons (Fsp3) is 0.600. The monoisotopic (exact) mass is 270 g/mol. The lowest BCUT2D eigenvalue weighted by atomic mass is 9.93. The van der Waals surface area contributed by atoms with Crippen molar-refractivity contribution in [3.8, 4) is 0 Å². The van der Waals surface area contributed by atoms with Crippen LogP contribution < -0.4 is 5.73 Å². The molecule has 0 aliphatic rings. The molecule has 0 saturated heterocycles. The van der Waals surface area contributed by atoms with Crippen LogP contribution in [0.15, 0.2) is 18.2 Å². The maximum absolute atomic E-state index is 5.78. The van der Waals surface area contributed by atoms with Crippen molar-refractivity contribution in [2.24, 2.45) is 11.1 Å². The summed E-state index contributed by atoms with van der Waals surface area (Å²) in [5, 5.41) is 0. The lowest BCUT2D eigenvalue weighted by Crippen LogP contribution is -2.36. The van der Waals surface area contributed by atoms with E-state index in [2.05, 4.69) is 57.8 Å². The first kappa shape index (κ1) is 17.4. The average molecular weight is 271 g/mol. The van der Waals surface area contributed by atoms with Crippen molar-refractivity contribution in [2.75, 3.05) is 20.1 Å². The van der Waals surface area contributed by atoms with Gasteiger partial charge in [0.15, 0.2) is 0 Å². The third-order valence-electron chi connectivity index (χ3n) is 3.20. The summed E-state index contributed by atoms with van der Waals surface area (Å²) >= 11 is 0. The predicted molar refractivity (Wildman–Crippen MR) is 82.3 cm³/mol. The second kappa shape index (κ2) is 7.13. The molecular weight excluding hydrogens is 244 g/mol. The molecule has 0 radical (unpaired) electrons. The van der Waals surface area contributed by atoms with Crippen molar-refractivity contribution in [1.29, 1.82) is 0 Å². The highest BCUT2D eigenvalue weighted by atomic mass is 35.5. The molecule has 0 unspecified atom stereocenters. The molecule has 3 heteroatoms. The third-order valence-corrected chi connectivity index (χ3v) is 3.20. The Balaban J connectivity index is 0.00000289. The van der Waals surface area contributed by atoms with Crippen LogP contribution in [0.25, 0.3) is 0 Å². The molecule has 0 aliphatic carbocycles. The molecule has 0 bridgehead atoms. The summed E-state index contributed by atoms with van der Waals surface area (Å²) in [6.07, 6.45) is 0. The highest BCUT2D eigenvalue weighted by Gasteiger charge is 2.18. The number of benzene rings is 1. The molecule has 104 valence electrons. The standard InChI is InChI=1S/C15H26N2.ClH/c1-12-6-7-13(2)14(8-12)9-17(5)11-15(3,4)10-16;/h6-8H,9-11,16H2,1-5H3;1H. The van der Waals surface area contributed by atoms with E-state index in [1.807, 2.05) is 0 Å². The molecule has 18 heavy (non-hydrogen) atoms. The lowest BCUT2D eigenvalue weighted by molar-refractivity contribution is 0.209. The predicted octanol–water partition coefficient (Wildman–Crippen LogP) is 3.14. The Kier molecular flexibility index (Phi) is 6.90. The Morgan fingerprint density at radius 3 is 2.39 bits per heavy atom. The van der Waals surface area contributed by atoms with Gasteiger partial charge in [-0.05, 0) is 44.0 Å². The molecule has 0 saturated carbocycles. The number of aryl methyl sites for hydroxylation is 2. The van der Waals surface area contributed by atoms with Crippen LogP contribution in [0.2, 0.25) is 0 Å². The van der Waals surface area contributed by atoms with E-state index >= 15 is 0 Å². The van der Waals surface area contributed by atoms with Crippen LogP contribution >= 0.6 is 12.4 Å². The summed E-state index contributed by atoms with van der Waals surface area (Å²) in [5.41, 5.74) is 10.1. The molecule has 2 N–H and O–H groups in total. The highest BCUT2D eigenvalue weighted by Crippen LogP contribution is 2.17. The van der Waals surface area contributed by atoms with Crippen molar-refractivity contribution in [2.45, 2.75) is 34.2 Å². The van der Waals surface area contributed by atoms with Crippen molar-refractivity contribution < 1.29 is 0 Å². The van der Waals surface area contributed by atoms with Crippen LogP contribution in [0, 0.1) is 19.3 Å². The Bertz CT molecular complexity index is 375. The summed E-state index contributed by atoms with van der Waals surface area (Å²) in [4.78, 5) is 2.36. The zero-order valence-electron chi connectivity index (χ0n) is 12.3. The third kappa shape index (κ3) is 5.38. The van der Waals surface area contributed by atoms with Gasteiger partial charge in [-0.1, -0.05) is 37.6 Å². The van der Waals surface area contributed by atoms with Crippen molar-refractivity contribution in [3.63, 3.8) is 0 Å². The molecule has 0 fully saturated rings. The van der Waals surface area contributed by atoms with E-state index in [1.165, 1.54) is 16.7 Å². The first-order valence-corrected chi connectivity index (χ1v) is 6.29. The molecule has 0 spiro atoms. The molecule has 0 aliphatic heterocycles. The van der Waals surface area contributed by atoms with E-state index in [9.17, 15) is 0 Å². The van der Waals surface area contributed by atoms with Crippen LogP contribution in [0.1, 0.15) is 30.5 Å². The van der Waals surface area contributed by atoms with Gasteiger partial charge in [-0.2, -0.15) is 0 Å². The quantitative estimate of drug-likeness (QED) is 0.891. The lowest BCUT2D eigenvalue weighted by Gasteiger charge is -2.29. The zero-order valence-corrected chi connectivity index (χ0v) is 13.1. The van der Waals surface area contributed by atoms with Gasteiger partial charge in [-0.25, -0.2) is 0 Å². The molecule has 2 nitrogen and oxygen atoms in total. The van der Waals surface area contributed by atoms with Crippen LogP contribution in [0.5, 0.6) is 0 Å². The van der Waals surface area contributed by atoms with Crippen LogP contribution in [0.4, 0.5) is 0 Å². The summed E-state index contributed by atoms with van der Waals surface area (Å²) < 4.78 is 0. The minimum absolute atomic E-state index is 0. The normalized spacial score (nSPS) is 11.5. The smallest absolute Gasteiger partial charge is 0.0233 e. The van der Waals surface area contributed by atoms with Gasteiger partial charge >= 0.3 is 0 Å². The van der Waals surface area contributed by atoms with Crippen molar-refractivity contribution >= 4 is 12.4 Å². The molecule has 0 aromatic heterocycles. The highest BCUT2D eigenvalue weighted by molar-refractivity contribution is 5.85. The maximum atomic E-state index is 5.78. The SMILES string of the molecule is Cc1ccc(C)c(CN(C)CC(C)(C)CN)c1.Cl. The molecule has 1 aromatic carbocycles. The first-order valence-electron chi connectivity index (χ1n) is 6.29. The van der Waals surface area contributed by atoms with E-state index < -0.39 is 0 Å². The Morgan fingerprint density at radius 1 is 1.22 bits per heavy atom. The second-order valence-electron chi connectivity index (χ2n) is 5.97. The van der Waals surface area contributed by atoms with E-state index in [0.717, 1.165) is 19.6 Å². The van der Waals surface area contributed by atoms with Gasteiger partial charge in [0.1, 0.15) is 0 Å². The number of nitrogens with zero attached hydrogens (tertiary/aromatic N) is 1. The zero-order chi connectivity index (χ0) is 13.1. The number of hydrogen-bond acceptors (Lipinski definition) is 2. The molecule has 1 aromatic rings. The second-order valence-corrected chi connectivity index (χ2v) is 5.97. The summed E-state index contributed by atoms with van der Waals surface area (Å²) in [6.45, 7) is 11.5. The summed E-state index contributed by atoms with van der Waals surface area (Å²) in [7, 11) is 2.17. The van der Waals surface area contributed by atoms with Crippen LogP contribution in [-0.2, 0) is 6.54 Å². The van der Waals surface area contributed by atoms with Crippen LogP contribution in [0.3, 0.4) is 0 Å². The Morgan fingerprint density at radius 2 is 1.83 bits per heavy atom. The molecule has 0 amide bonds. The Hall–Kier alpha value is -0.570. The topological polar surface area (TPSA) is 29.3 Å². The van der Waals surface area contributed by atoms with E-state index in [-0.39, 0.29) is 17.8 Å². The minimum Gasteiger partial charge on any atom is -0.330 e. The Labute approximate surface area is 118 Å². The van der Waals surface area contributed by atoms with Gasteiger partial charge in [0.25, 0.3) is 0 Å². The average Bonchev–Trinajstić information content (AvgIpc) is 2.23. The van der Waals surface area contributed by atoms with Gasteiger partial charge in [-0.15, -0.1) is 12.4 Å². The fourth-order valence-corrected chi connectivity index (χ4v) is 2.11. The molecule has 1 rings (SSSR count). The number of hydrogen-bond donors (Lipinski definition) is 1. The number of rotatable bonds is 5. The van der Waals surface area contributed by atoms with Gasteiger partial charge in [0, 0.05) is 13.1 Å². The molecule has 0 atom stereocenters.